The summed E-state index contributed by atoms with van der Waals surface area (Å²) in [5.74, 6) is 1.54. The van der Waals surface area contributed by atoms with Crippen LogP contribution in [0.1, 0.15) is 108 Å². The van der Waals surface area contributed by atoms with Crippen LogP contribution in [0.2, 0.25) is 0 Å². The van der Waals surface area contributed by atoms with E-state index < -0.39 is 22.9 Å². The molecule has 13 heteroatoms. The first-order chi connectivity index (χ1) is 25.4. The van der Waals surface area contributed by atoms with Gasteiger partial charge in [0.2, 0.25) is 30.0 Å². The Hall–Kier alpha value is -4.00. The van der Waals surface area contributed by atoms with Crippen molar-refractivity contribution in [2.75, 3.05) is 13.7 Å². The zero-order valence-corrected chi connectivity index (χ0v) is 35.5. The Morgan fingerprint density at radius 1 is 1.07 bits per heavy atom. The molecule has 0 radical (unpaired) electrons. The van der Waals surface area contributed by atoms with Crippen LogP contribution in [0, 0.1) is 23.2 Å². The molecule has 5 unspecified atom stereocenters. The number of nitrogens with two attached hydrogens (primary N) is 1. The van der Waals surface area contributed by atoms with Gasteiger partial charge in [0.1, 0.15) is 28.9 Å². The first-order valence-electron chi connectivity index (χ1n) is 19.1. The first-order valence-corrected chi connectivity index (χ1v) is 20.3. The molecule has 2 aliphatic carbocycles. The maximum Gasteiger partial charge on any atom is 0.240 e. The lowest BCUT2D eigenvalue weighted by Gasteiger charge is -2.28. The Bertz CT molecular complexity index is 1550. The maximum atomic E-state index is 11.6. The first kappa shape index (κ1) is 48.0. The average Bonchev–Trinajstić information content (AvgIpc) is 4.06. The number of methoxy groups -OCH3 is 1. The van der Waals surface area contributed by atoms with E-state index in [-0.39, 0.29) is 40.0 Å². The number of carbonyl (C=O) groups excluding carboxylic acids is 4. The summed E-state index contributed by atoms with van der Waals surface area (Å²) in [7, 11) is 0.485. The number of rotatable bonds is 11. The van der Waals surface area contributed by atoms with Crippen molar-refractivity contribution in [3.8, 4) is 11.6 Å². The predicted octanol–water partition coefficient (Wildman–Crippen LogP) is 6.48. The van der Waals surface area contributed by atoms with Crippen LogP contribution in [-0.4, -0.2) is 74.8 Å². The zero-order valence-electron chi connectivity index (χ0n) is 34.7. The second kappa shape index (κ2) is 22.4. The van der Waals surface area contributed by atoms with Crippen molar-refractivity contribution in [3.05, 3.63) is 43.1 Å². The minimum absolute atomic E-state index is 0.0419. The summed E-state index contributed by atoms with van der Waals surface area (Å²) in [5.41, 5.74) is 5.40. The van der Waals surface area contributed by atoms with Crippen LogP contribution in [0.4, 0.5) is 0 Å². The van der Waals surface area contributed by atoms with E-state index in [4.69, 9.17) is 15.2 Å². The molecule has 1 aromatic carbocycles. The predicted molar refractivity (Wildman–Crippen MR) is 218 cm³/mol. The smallest absolute Gasteiger partial charge is 0.240 e. The number of carbonyl (C=O) groups is 4. The monoisotopic (exact) mass is 773 g/mol. The van der Waals surface area contributed by atoms with Gasteiger partial charge in [0.15, 0.2) is 0 Å². The van der Waals surface area contributed by atoms with Crippen molar-refractivity contribution in [3.63, 3.8) is 0 Å². The molecule has 3 fully saturated rings. The van der Waals surface area contributed by atoms with Crippen LogP contribution in [0.15, 0.2) is 43.1 Å². The SMILES string of the molecule is C=CC1CC1C(=O)NS(=O)C1CC1.CC.CC.CC(CC(=O)NC(C)(C)C)C(C)(C)C.COc1ccc2c(O[C@@H]3CC(C(N)=O)N(C=O)C3)nccc2c1. The highest BCUT2D eigenvalue weighted by Crippen LogP contribution is 2.39. The van der Waals surface area contributed by atoms with Gasteiger partial charge in [-0.3, -0.25) is 23.9 Å². The van der Waals surface area contributed by atoms with E-state index in [0.717, 1.165) is 35.8 Å². The highest BCUT2D eigenvalue weighted by atomic mass is 32.2. The highest BCUT2D eigenvalue weighted by Gasteiger charge is 2.42. The molecule has 6 atom stereocenters. The summed E-state index contributed by atoms with van der Waals surface area (Å²) in [6, 6.07) is 6.82. The number of nitrogens with zero attached hydrogens (tertiary/aromatic N) is 2. The number of allylic oxidation sites excluding steroid dienone is 1. The molecule has 12 nitrogen and oxygen atoms in total. The molecule has 2 heterocycles. The van der Waals surface area contributed by atoms with Crippen LogP contribution in [0.3, 0.4) is 0 Å². The molecule has 4 N–H and O–H groups in total. The number of amides is 4. The summed E-state index contributed by atoms with van der Waals surface area (Å²) in [6.45, 7) is 26.6. The summed E-state index contributed by atoms with van der Waals surface area (Å²) < 4.78 is 25.0. The summed E-state index contributed by atoms with van der Waals surface area (Å²) in [5, 5.41) is 4.99. The second-order valence-electron chi connectivity index (χ2n) is 15.4. The van der Waals surface area contributed by atoms with Gasteiger partial charge in [0, 0.05) is 35.9 Å². The van der Waals surface area contributed by atoms with Gasteiger partial charge in [-0.15, -0.1) is 6.58 Å². The molecular formula is C41H67N5O7S. The van der Waals surface area contributed by atoms with Crippen molar-refractivity contribution < 1.29 is 32.9 Å². The van der Waals surface area contributed by atoms with E-state index in [1.54, 1.807) is 19.4 Å². The molecule has 0 bridgehead atoms. The number of nitrogens with one attached hydrogen (secondary N) is 2. The van der Waals surface area contributed by atoms with Crippen LogP contribution >= 0.6 is 0 Å². The van der Waals surface area contributed by atoms with Crippen LogP contribution < -0.4 is 25.2 Å². The lowest BCUT2D eigenvalue weighted by atomic mass is 9.80. The van der Waals surface area contributed by atoms with Crippen LogP contribution in [-0.2, 0) is 30.2 Å². The fraction of sp³-hybridized carbons (Fsp3) is 0.634. The van der Waals surface area contributed by atoms with E-state index in [0.29, 0.717) is 43.5 Å². The molecule has 4 amide bonds. The Morgan fingerprint density at radius 2 is 1.70 bits per heavy atom. The van der Waals surface area contributed by atoms with Crippen molar-refractivity contribution in [2.45, 2.75) is 131 Å². The Kier molecular flexibility index (Phi) is 19.9. The average molecular weight is 774 g/mol. The lowest BCUT2D eigenvalue weighted by Crippen LogP contribution is -2.41. The third kappa shape index (κ3) is 16.2. The molecule has 1 saturated heterocycles. The van der Waals surface area contributed by atoms with E-state index in [1.165, 1.54) is 4.90 Å². The van der Waals surface area contributed by atoms with Gasteiger partial charge in [-0.05, 0) is 86.9 Å². The van der Waals surface area contributed by atoms with Crippen molar-refractivity contribution in [1.82, 2.24) is 19.9 Å². The van der Waals surface area contributed by atoms with E-state index in [1.807, 2.05) is 72.7 Å². The number of aromatic nitrogens is 1. The lowest BCUT2D eigenvalue weighted by molar-refractivity contribution is -0.129. The molecule has 54 heavy (non-hydrogen) atoms. The van der Waals surface area contributed by atoms with Gasteiger partial charge in [0.05, 0.1) is 18.9 Å². The minimum Gasteiger partial charge on any atom is -0.497 e. The molecule has 3 aliphatic rings. The van der Waals surface area contributed by atoms with Crippen molar-refractivity contribution >= 4 is 45.9 Å². The van der Waals surface area contributed by atoms with E-state index in [2.05, 4.69) is 49.3 Å². The summed E-state index contributed by atoms with van der Waals surface area (Å²) in [4.78, 5) is 51.0. The molecule has 0 spiro atoms. The number of fused-ring (bicyclic) bond motifs is 1. The Labute approximate surface area is 326 Å². The number of pyridine rings is 1. The third-order valence-corrected chi connectivity index (χ3v) is 10.4. The number of ether oxygens (including phenoxy) is 2. The topological polar surface area (TPSA) is 170 Å². The molecule has 2 saturated carbocycles. The fourth-order valence-corrected chi connectivity index (χ4v) is 6.26. The maximum absolute atomic E-state index is 11.6. The number of likely N-dealkylation sites (tertiary alicyclic amines) is 1. The molecule has 1 aromatic heterocycles. The van der Waals surface area contributed by atoms with Gasteiger partial charge < -0.3 is 25.4 Å². The second-order valence-corrected chi connectivity index (χ2v) is 16.8. The van der Waals surface area contributed by atoms with E-state index >= 15 is 0 Å². The molecule has 2 aromatic rings. The molecular weight excluding hydrogens is 707 g/mol. The van der Waals surface area contributed by atoms with Gasteiger partial charge in [-0.1, -0.05) is 61.5 Å². The largest absolute Gasteiger partial charge is 0.497 e. The van der Waals surface area contributed by atoms with Gasteiger partial charge in [-0.25, -0.2) is 9.19 Å². The molecule has 304 valence electrons. The zero-order chi connectivity index (χ0) is 41.4. The van der Waals surface area contributed by atoms with E-state index in [9.17, 15) is 23.4 Å². The number of hydrogen-bond acceptors (Lipinski definition) is 8. The quantitative estimate of drug-likeness (QED) is 0.172. The van der Waals surface area contributed by atoms with Gasteiger partial charge in [0.25, 0.3) is 0 Å². The minimum atomic E-state index is -1.12. The standard InChI is InChI=1S/C16H17N3O4.C12H25NO.C9H13NO2S.2C2H6/c1-22-11-2-3-13-10(6-11)4-5-18-16(13)23-12-7-14(15(17)21)19(8-12)9-20;1-9(11(2,3)4)8-10(14)13-12(5,6)7;1-2-6-5-8(6)9(11)10-13(12)7-3-4-7;2*1-2/h2-6,9,12,14H,7-8H2,1H3,(H2,17,21);9H,8H2,1-7H3,(H,13,14);2,6-8H,1,3-5H2,(H,10,11);2*1-2H3/t12-,14?;;;;/m1..../s1. The Balaban J connectivity index is 0.000000408. The highest BCUT2D eigenvalue weighted by molar-refractivity contribution is 7.84. The number of hydrogen-bond donors (Lipinski definition) is 3. The van der Waals surface area contributed by atoms with Crippen LogP contribution in [0.5, 0.6) is 11.6 Å². The Morgan fingerprint density at radius 3 is 2.17 bits per heavy atom. The normalized spacial score (nSPS) is 20.9. The summed E-state index contributed by atoms with van der Waals surface area (Å²) >= 11 is 0. The fourth-order valence-electron chi connectivity index (χ4n) is 5.18. The van der Waals surface area contributed by atoms with Gasteiger partial charge >= 0.3 is 0 Å². The van der Waals surface area contributed by atoms with Gasteiger partial charge in [-0.2, -0.15) is 0 Å². The third-order valence-electron chi connectivity index (χ3n) is 8.97. The van der Waals surface area contributed by atoms with Crippen LogP contribution in [0.25, 0.3) is 10.8 Å². The summed E-state index contributed by atoms with van der Waals surface area (Å²) in [6.07, 6.45) is 7.57. The molecule has 5 rings (SSSR count). The number of primary amides is 1. The number of benzene rings is 1. The van der Waals surface area contributed by atoms with Crippen molar-refractivity contribution in [1.29, 1.82) is 0 Å². The molecule has 1 aliphatic heterocycles. The van der Waals surface area contributed by atoms with Crippen molar-refractivity contribution in [2.24, 2.45) is 28.9 Å².